The minimum Gasteiger partial charge on any atom is -0.0675 e. The van der Waals surface area contributed by atoms with Crippen LogP contribution in [0.15, 0.2) is 115 Å². The third-order valence-corrected chi connectivity index (χ3v) is 17.3. The van der Waals surface area contributed by atoms with Crippen LogP contribution in [0.25, 0.3) is 0 Å². The molecule has 0 heterocycles. The Morgan fingerprint density at radius 2 is 1.00 bits per heavy atom. The van der Waals surface area contributed by atoms with Crippen molar-refractivity contribution in [3.8, 4) is 0 Å². The van der Waals surface area contributed by atoms with E-state index in [2.05, 4.69) is 142 Å². The van der Waals surface area contributed by atoms with E-state index in [9.17, 15) is 0 Å². The summed E-state index contributed by atoms with van der Waals surface area (Å²) in [5.74, 6) is 0.437. The van der Waals surface area contributed by atoms with Crippen LogP contribution in [0, 0.1) is 0 Å². The molecule has 174 valence electrons. The van der Waals surface area contributed by atoms with E-state index in [4.69, 9.17) is 0 Å². The molecule has 0 amide bonds. The third-order valence-electron chi connectivity index (χ3n) is 8.15. The Bertz CT molecular complexity index is 1130. The van der Waals surface area contributed by atoms with Crippen LogP contribution in [0.3, 0.4) is 0 Å². The Hall–Kier alpha value is -2.69. The monoisotopic (exact) mass is 478 g/mol. The van der Waals surface area contributed by atoms with E-state index in [1.807, 2.05) is 0 Å². The molecule has 4 rings (SSSR count). The lowest BCUT2D eigenvalue weighted by atomic mass is 9.93. The van der Waals surface area contributed by atoms with Crippen LogP contribution in [0.5, 0.6) is 0 Å². The Balaban J connectivity index is 1.75. The molecule has 0 aliphatic carbocycles. The molecule has 0 aliphatic heterocycles. The molecule has 2 unspecified atom stereocenters. The van der Waals surface area contributed by atoms with Gasteiger partial charge in [0.25, 0.3) is 0 Å². The zero-order chi connectivity index (χ0) is 24.0. The lowest BCUT2D eigenvalue weighted by Crippen LogP contribution is -2.57. The Morgan fingerprint density at radius 1 is 0.529 bits per heavy atom. The summed E-state index contributed by atoms with van der Waals surface area (Å²) in [7, 11) is -3.47. The highest BCUT2D eigenvalue weighted by molar-refractivity contribution is 7.01. The van der Waals surface area contributed by atoms with Gasteiger partial charge in [-0.1, -0.05) is 170 Å². The van der Waals surface area contributed by atoms with Gasteiger partial charge in [-0.15, -0.1) is 0 Å². The van der Waals surface area contributed by atoms with Gasteiger partial charge in [-0.05, 0) is 17.2 Å². The van der Waals surface area contributed by atoms with Crippen molar-refractivity contribution < 1.29 is 0 Å². The topological polar surface area (TPSA) is 0 Å². The fraction of sp³-hybridized carbons (Fsp3) is 0.250. The number of benzene rings is 4. The summed E-state index contributed by atoms with van der Waals surface area (Å²) >= 11 is 0. The second-order valence-corrected chi connectivity index (χ2v) is 19.5. The highest BCUT2D eigenvalue weighted by Crippen LogP contribution is 2.34. The zero-order valence-electron chi connectivity index (χ0n) is 21.2. The molecule has 0 N–H and O–H groups in total. The van der Waals surface area contributed by atoms with Gasteiger partial charge < -0.3 is 0 Å². The highest BCUT2D eigenvalue weighted by Gasteiger charge is 2.35. The van der Waals surface area contributed by atoms with Crippen molar-refractivity contribution in [2.75, 3.05) is 0 Å². The highest BCUT2D eigenvalue weighted by atomic mass is 28.3. The molecule has 0 saturated carbocycles. The van der Waals surface area contributed by atoms with E-state index >= 15 is 0 Å². The van der Waals surface area contributed by atoms with Gasteiger partial charge in [-0.2, -0.15) is 0 Å². The van der Waals surface area contributed by atoms with Gasteiger partial charge in [0.15, 0.2) is 0 Å². The number of hydrogen-bond acceptors (Lipinski definition) is 0. The molecule has 0 spiro atoms. The van der Waals surface area contributed by atoms with Crippen LogP contribution in [-0.2, 0) is 0 Å². The summed E-state index contributed by atoms with van der Waals surface area (Å²) in [5, 5.41) is 4.75. The molecule has 2 heteroatoms. The van der Waals surface area contributed by atoms with Crippen molar-refractivity contribution in [1.29, 1.82) is 0 Å². The van der Waals surface area contributed by atoms with Gasteiger partial charge >= 0.3 is 0 Å². The first-order valence-corrected chi connectivity index (χ1v) is 18.4. The Morgan fingerprint density at radius 3 is 1.50 bits per heavy atom. The van der Waals surface area contributed by atoms with E-state index in [0.29, 0.717) is 5.92 Å². The third kappa shape index (κ3) is 5.04. The first-order chi connectivity index (χ1) is 16.5. The molecule has 4 aromatic rings. The minimum absolute atomic E-state index is 0.437. The van der Waals surface area contributed by atoms with E-state index in [1.165, 1.54) is 29.3 Å². The van der Waals surface area contributed by atoms with Gasteiger partial charge in [0.2, 0.25) is 0 Å². The molecule has 34 heavy (non-hydrogen) atoms. The Labute approximate surface area is 208 Å². The van der Waals surface area contributed by atoms with Crippen LogP contribution in [0.1, 0.15) is 30.9 Å². The standard InChI is InChI=1S/C32H38Si2/c1-5-33(3,26-32(27-17-10-7-11-18-27)28-19-12-8-13-20-28)30-23-16-24-31(25-30)34(4,6-2)29-21-14-9-15-22-29/h7-25,32H,5-6,26H2,1-4H3. The smallest absolute Gasteiger partial charge is 0.0675 e. The van der Waals surface area contributed by atoms with Gasteiger partial charge in [0.05, 0.1) is 8.07 Å². The number of rotatable bonds is 9. The van der Waals surface area contributed by atoms with Crippen molar-refractivity contribution in [2.45, 2.75) is 51.0 Å². The predicted octanol–water partition coefficient (Wildman–Crippen LogP) is 7.04. The van der Waals surface area contributed by atoms with E-state index in [0.717, 1.165) is 0 Å². The van der Waals surface area contributed by atoms with Crippen molar-refractivity contribution in [3.63, 3.8) is 0 Å². The van der Waals surface area contributed by atoms with Crippen LogP contribution < -0.4 is 15.6 Å². The van der Waals surface area contributed by atoms with Gasteiger partial charge in [-0.3, -0.25) is 0 Å². The first kappa shape index (κ1) is 24.4. The zero-order valence-corrected chi connectivity index (χ0v) is 23.2. The van der Waals surface area contributed by atoms with Crippen LogP contribution in [0.4, 0.5) is 0 Å². The lowest BCUT2D eigenvalue weighted by Gasteiger charge is -2.34. The Kier molecular flexibility index (Phi) is 7.70. The molecule has 0 aromatic heterocycles. The van der Waals surface area contributed by atoms with Gasteiger partial charge in [0, 0.05) is 5.92 Å². The van der Waals surface area contributed by atoms with Crippen LogP contribution in [-0.4, -0.2) is 16.1 Å². The van der Waals surface area contributed by atoms with Crippen molar-refractivity contribution in [3.05, 3.63) is 126 Å². The van der Waals surface area contributed by atoms with E-state index < -0.39 is 16.1 Å². The maximum atomic E-state index is 2.62. The predicted molar refractivity (Wildman–Crippen MR) is 156 cm³/mol. The fourth-order valence-corrected chi connectivity index (χ4v) is 11.8. The average Bonchev–Trinajstić information content (AvgIpc) is 2.92. The van der Waals surface area contributed by atoms with Crippen molar-refractivity contribution in [1.82, 2.24) is 0 Å². The summed E-state index contributed by atoms with van der Waals surface area (Å²) in [4.78, 5) is 0. The molecular formula is C32H38Si2. The van der Waals surface area contributed by atoms with E-state index in [-0.39, 0.29) is 0 Å². The maximum Gasteiger partial charge on any atom is 0.114 e. The molecule has 2 atom stereocenters. The molecular weight excluding hydrogens is 441 g/mol. The van der Waals surface area contributed by atoms with Gasteiger partial charge in [-0.25, -0.2) is 0 Å². The molecule has 0 bridgehead atoms. The molecule has 0 fully saturated rings. The summed E-state index contributed by atoms with van der Waals surface area (Å²) in [6.45, 7) is 9.95. The average molecular weight is 479 g/mol. The maximum absolute atomic E-state index is 2.62. The summed E-state index contributed by atoms with van der Waals surface area (Å²) in [5.41, 5.74) is 2.88. The SMILES string of the molecule is CC[Si](C)(CC(c1ccccc1)c1ccccc1)c1cccc([Si](C)(CC)c2ccccc2)c1. The lowest BCUT2D eigenvalue weighted by molar-refractivity contribution is 0.895. The minimum atomic E-state index is -1.74. The molecule has 0 nitrogen and oxygen atoms in total. The fourth-order valence-electron chi connectivity index (χ4n) is 5.33. The summed E-state index contributed by atoms with van der Waals surface area (Å²) in [6, 6.07) is 47.0. The van der Waals surface area contributed by atoms with E-state index in [1.54, 1.807) is 15.6 Å². The first-order valence-electron chi connectivity index (χ1n) is 12.8. The largest absolute Gasteiger partial charge is 0.114 e. The van der Waals surface area contributed by atoms with Gasteiger partial charge in [0.1, 0.15) is 8.07 Å². The van der Waals surface area contributed by atoms with Crippen molar-refractivity contribution >= 4 is 31.7 Å². The second kappa shape index (κ2) is 10.7. The van der Waals surface area contributed by atoms with Crippen LogP contribution >= 0.6 is 0 Å². The number of hydrogen-bond donors (Lipinski definition) is 0. The molecule has 0 radical (unpaired) electrons. The summed E-state index contributed by atoms with van der Waals surface area (Å²) < 4.78 is 0. The molecule has 0 saturated heterocycles. The van der Waals surface area contributed by atoms with Crippen molar-refractivity contribution in [2.24, 2.45) is 0 Å². The second-order valence-electron chi connectivity index (χ2n) is 10.1. The molecule has 4 aromatic carbocycles. The molecule has 0 aliphatic rings. The quantitative estimate of drug-likeness (QED) is 0.226. The summed E-state index contributed by atoms with van der Waals surface area (Å²) in [6.07, 6.45) is 0. The normalized spacial score (nSPS) is 15.0. The van der Waals surface area contributed by atoms with Crippen LogP contribution in [0.2, 0.25) is 31.2 Å².